The molecule has 0 bridgehead atoms. The Morgan fingerprint density at radius 1 is 1.12 bits per heavy atom. The highest BCUT2D eigenvalue weighted by Gasteiger charge is 2.33. The van der Waals surface area contributed by atoms with Crippen LogP contribution in [-0.2, 0) is 0 Å². The number of fused-ring (bicyclic) bond motifs is 1. The first-order valence-corrected chi connectivity index (χ1v) is 8.15. The average molecular weight is 335 g/mol. The molecule has 1 aliphatic rings. The van der Waals surface area contributed by atoms with Crippen LogP contribution in [0.5, 0.6) is 5.75 Å². The van der Waals surface area contributed by atoms with E-state index in [4.69, 9.17) is 9.15 Å². The van der Waals surface area contributed by atoms with Gasteiger partial charge >= 0.3 is 5.63 Å². The molecule has 2 aromatic carbocycles. The molecular weight excluding hydrogens is 318 g/mol. The summed E-state index contributed by atoms with van der Waals surface area (Å²) in [5.74, 6) is 0.988. The van der Waals surface area contributed by atoms with Gasteiger partial charge in [0.1, 0.15) is 17.6 Å². The lowest BCUT2D eigenvalue weighted by Gasteiger charge is -2.39. The van der Waals surface area contributed by atoms with E-state index < -0.39 is 5.63 Å². The maximum absolute atomic E-state index is 12.8. The lowest BCUT2D eigenvalue weighted by Crippen LogP contribution is -2.56. The number of hydrogen-bond acceptors (Lipinski definition) is 4. The van der Waals surface area contributed by atoms with Crippen LogP contribution >= 0.6 is 0 Å². The van der Waals surface area contributed by atoms with Crippen LogP contribution < -0.4 is 10.4 Å². The molecule has 25 heavy (non-hydrogen) atoms. The maximum atomic E-state index is 12.8. The largest absolute Gasteiger partial charge is 0.486 e. The van der Waals surface area contributed by atoms with Crippen molar-refractivity contribution in [3.63, 3.8) is 0 Å². The summed E-state index contributed by atoms with van der Waals surface area (Å²) < 4.78 is 10.7. The van der Waals surface area contributed by atoms with E-state index >= 15 is 0 Å². The number of likely N-dealkylation sites (tertiary alicyclic amines) is 1. The van der Waals surface area contributed by atoms with Crippen molar-refractivity contribution < 1.29 is 13.9 Å². The highest BCUT2D eigenvalue weighted by Crippen LogP contribution is 2.24. The Morgan fingerprint density at radius 2 is 1.88 bits per heavy atom. The van der Waals surface area contributed by atoms with Gasteiger partial charge in [-0.3, -0.25) is 4.79 Å². The zero-order valence-electron chi connectivity index (χ0n) is 13.8. The molecule has 1 aromatic heterocycles. The molecular formula is C20H17NO4. The number of nitrogens with zero attached hydrogens (tertiary/aromatic N) is 1. The predicted molar refractivity (Wildman–Crippen MR) is 94.0 cm³/mol. The summed E-state index contributed by atoms with van der Waals surface area (Å²) in [6.07, 6.45) is -0.111. The number of carbonyl (C=O) groups is 1. The lowest BCUT2D eigenvalue weighted by molar-refractivity contribution is 0.0176. The number of benzene rings is 2. The van der Waals surface area contributed by atoms with E-state index in [-0.39, 0.29) is 12.0 Å². The monoisotopic (exact) mass is 335 g/mol. The van der Waals surface area contributed by atoms with E-state index in [0.29, 0.717) is 30.2 Å². The smallest absolute Gasteiger partial charge is 0.339 e. The molecule has 0 radical (unpaired) electrons. The quantitative estimate of drug-likeness (QED) is 0.738. The fourth-order valence-corrected chi connectivity index (χ4v) is 3.10. The minimum Gasteiger partial charge on any atom is -0.486 e. The molecule has 1 aliphatic heterocycles. The summed E-state index contributed by atoms with van der Waals surface area (Å²) in [5.41, 5.74) is 0.269. The van der Waals surface area contributed by atoms with Crippen molar-refractivity contribution in [2.45, 2.75) is 13.0 Å². The molecule has 5 nitrogen and oxygen atoms in total. The van der Waals surface area contributed by atoms with Crippen LogP contribution in [0.15, 0.2) is 63.8 Å². The Kier molecular flexibility index (Phi) is 3.76. The molecule has 1 amide bonds. The van der Waals surface area contributed by atoms with E-state index in [9.17, 15) is 9.59 Å². The van der Waals surface area contributed by atoms with Crippen LogP contribution in [0.25, 0.3) is 10.8 Å². The summed E-state index contributed by atoms with van der Waals surface area (Å²) in [6, 6.07) is 16.6. The molecule has 0 spiro atoms. The molecule has 4 rings (SSSR count). The number of rotatable bonds is 3. The molecule has 126 valence electrons. The van der Waals surface area contributed by atoms with E-state index in [1.807, 2.05) is 42.5 Å². The first kappa shape index (κ1) is 15.4. The van der Waals surface area contributed by atoms with Gasteiger partial charge < -0.3 is 14.1 Å². The Balaban J connectivity index is 1.46. The third-order valence-corrected chi connectivity index (χ3v) is 4.33. The number of aryl methyl sites for hydroxylation is 1. The summed E-state index contributed by atoms with van der Waals surface area (Å²) in [5, 5.41) is 2.00. The second-order valence-electron chi connectivity index (χ2n) is 6.20. The van der Waals surface area contributed by atoms with Gasteiger partial charge in [-0.2, -0.15) is 0 Å². The van der Waals surface area contributed by atoms with Crippen LogP contribution in [0.2, 0.25) is 0 Å². The molecule has 0 saturated carbocycles. The predicted octanol–water partition coefficient (Wildman–Crippen LogP) is 3.00. The molecule has 1 saturated heterocycles. The zero-order valence-corrected chi connectivity index (χ0v) is 13.8. The van der Waals surface area contributed by atoms with E-state index in [0.717, 1.165) is 10.8 Å². The lowest BCUT2D eigenvalue weighted by atomic mass is 10.0. The molecule has 0 aliphatic carbocycles. The van der Waals surface area contributed by atoms with Crippen molar-refractivity contribution in [2.75, 3.05) is 13.1 Å². The summed E-state index contributed by atoms with van der Waals surface area (Å²) in [4.78, 5) is 25.9. The minimum absolute atomic E-state index is 0.000376. The van der Waals surface area contributed by atoms with Gasteiger partial charge in [0, 0.05) is 11.6 Å². The second-order valence-corrected chi connectivity index (χ2v) is 6.20. The molecule has 5 heteroatoms. The molecule has 0 N–H and O–H groups in total. The van der Waals surface area contributed by atoms with Gasteiger partial charge in [0.2, 0.25) is 0 Å². The highest BCUT2D eigenvalue weighted by molar-refractivity contribution is 6.07. The summed E-state index contributed by atoms with van der Waals surface area (Å²) in [7, 11) is 0. The normalized spacial score (nSPS) is 14.4. The van der Waals surface area contributed by atoms with Gasteiger partial charge in [0.25, 0.3) is 5.91 Å². The second kappa shape index (κ2) is 6.09. The fourth-order valence-electron chi connectivity index (χ4n) is 3.10. The molecule has 0 atom stereocenters. The summed E-state index contributed by atoms with van der Waals surface area (Å²) >= 11 is 0. The Morgan fingerprint density at radius 3 is 2.68 bits per heavy atom. The van der Waals surface area contributed by atoms with Crippen LogP contribution in [-0.4, -0.2) is 30.0 Å². The van der Waals surface area contributed by atoms with Crippen molar-refractivity contribution in [1.29, 1.82) is 0 Å². The topological polar surface area (TPSA) is 59.8 Å². The Labute approximate surface area is 144 Å². The van der Waals surface area contributed by atoms with Crippen LogP contribution in [0.1, 0.15) is 16.1 Å². The molecule has 2 heterocycles. The van der Waals surface area contributed by atoms with E-state index in [1.165, 1.54) is 6.07 Å². The van der Waals surface area contributed by atoms with Gasteiger partial charge in [0.05, 0.1) is 19.2 Å². The Bertz CT molecular complexity index is 996. The van der Waals surface area contributed by atoms with E-state index in [1.54, 1.807) is 17.9 Å². The van der Waals surface area contributed by atoms with Crippen LogP contribution in [0, 0.1) is 6.92 Å². The van der Waals surface area contributed by atoms with Crippen molar-refractivity contribution in [1.82, 2.24) is 4.90 Å². The molecule has 0 unspecified atom stereocenters. The number of carbonyl (C=O) groups excluding carboxylic acids is 1. The zero-order chi connectivity index (χ0) is 17.4. The average Bonchev–Trinajstić information content (AvgIpc) is 2.56. The standard InChI is InChI=1S/C20H17NO4/c1-13-9-15(10-19(22)24-13)25-16-11-21(12-16)20(23)18-8-4-6-14-5-2-3-7-17(14)18/h2-10,16H,11-12H2,1H3. The molecule has 1 fully saturated rings. The first-order valence-electron chi connectivity index (χ1n) is 8.15. The highest BCUT2D eigenvalue weighted by atomic mass is 16.5. The summed E-state index contributed by atoms with van der Waals surface area (Å²) in [6.45, 7) is 2.70. The maximum Gasteiger partial charge on any atom is 0.339 e. The van der Waals surface area contributed by atoms with Crippen molar-refractivity contribution in [3.05, 3.63) is 76.3 Å². The first-order chi connectivity index (χ1) is 12.1. The fraction of sp³-hybridized carbons (Fsp3) is 0.200. The third kappa shape index (κ3) is 3.01. The SMILES string of the molecule is Cc1cc(OC2CN(C(=O)c3cccc4ccccc34)C2)cc(=O)o1. The van der Waals surface area contributed by atoms with Gasteiger partial charge in [-0.15, -0.1) is 0 Å². The minimum atomic E-state index is -0.432. The number of hydrogen-bond donors (Lipinski definition) is 0. The third-order valence-electron chi connectivity index (χ3n) is 4.33. The number of amides is 1. The van der Waals surface area contributed by atoms with Crippen LogP contribution in [0.4, 0.5) is 0 Å². The van der Waals surface area contributed by atoms with Crippen molar-refractivity contribution in [2.24, 2.45) is 0 Å². The van der Waals surface area contributed by atoms with Gasteiger partial charge in [-0.1, -0.05) is 36.4 Å². The van der Waals surface area contributed by atoms with E-state index in [2.05, 4.69) is 0 Å². The number of ether oxygens (including phenoxy) is 1. The van der Waals surface area contributed by atoms with Crippen LogP contribution in [0.3, 0.4) is 0 Å². The van der Waals surface area contributed by atoms with Gasteiger partial charge in [0.15, 0.2) is 0 Å². The Hall–Kier alpha value is -3.08. The molecule has 3 aromatic rings. The van der Waals surface area contributed by atoms with Gasteiger partial charge in [-0.05, 0) is 23.8 Å². The van der Waals surface area contributed by atoms with Crippen molar-refractivity contribution in [3.8, 4) is 5.75 Å². The van der Waals surface area contributed by atoms with Crippen molar-refractivity contribution >= 4 is 16.7 Å². The van der Waals surface area contributed by atoms with Gasteiger partial charge in [-0.25, -0.2) is 4.79 Å².